The quantitative estimate of drug-likeness (QED) is 0.729. The van der Waals surface area contributed by atoms with E-state index in [0.29, 0.717) is 19.8 Å². The van der Waals surface area contributed by atoms with Crippen molar-refractivity contribution in [1.82, 2.24) is 4.98 Å². The van der Waals surface area contributed by atoms with Crippen molar-refractivity contribution >= 4 is 52.2 Å². The van der Waals surface area contributed by atoms with Crippen molar-refractivity contribution in [1.29, 1.82) is 0 Å². The van der Waals surface area contributed by atoms with Crippen LogP contribution in [0, 0.1) is 6.92 Å². The van der Waals surface area contributed by atoms with Crippen LogP contribution in [0.4, 0.5) is 0 Å². The molecule has 6 heteroatoms. The van der Waals surface area contributed by atoms with E-state index in [1.165, 1.54) is 22.3 Å². The number of H-pyrrole nitrogens is 1. The van der Waals surface area contributed by atoms with E-state index in [-0.39, 0.29) is 11.3 Å². The second-order valence-corrected chi connectivity index (χ2v) is 7.73. The van der Waals surface area contributed by atoms with Crippen LogP contribution in [0.15, 0.2) is 41.2 Å². The summed E-state index contributed by atoms with van der Waals surface area (Å²) in [6.07, 6.45) is 3.28. The van der Waals surface area contributed by atoms with Gasteiger partial charge in [-0.05, 0) is 49.4 Å². The molecular weight excluding hydrogens is 350 g/mol. The number of hydrogen-bond acceptors (Lipinski definition) is 4. The normalized spacial score (nSPS) is 12.8. The number of benzene rings is 1. The molecule has 0 radical (unpaired) electrons. The summed E-state index contributed by atoms with van der Waals surface area (Å²) in [5.41, 5.74) is 0.347. The second-order valence-electron chi connectivity index (χ2n) is 4.89. The number of carbonyl (C=O) groups is 1. The van der Waals surface area contributed by atoms with E-state index in [4.69, 9.17) is 11.6 Å². The lowest BCUT2D eigenvalue weighted by molar-refractivity contribution is 0.106. The average Bonchev–Trinajstić information content (AvgIpc) is 3.06. The molecule has 0 bridgehead atoms. The minimum Gasteiger partial charge on any atom is -0.313 e. The number of thiazole rings is 1. The molecule has 3 rings (SSSR count). The Bertz CT molecular complexity index is 1030. The summed E-state index contributed by atoms with van der Waals surface area (Å²) in [6.45, 7) is 2.02. The number of nitrogens with one attached hydrogen (secondary N) is 1. The summed E-state index contributed by atoms with van der Waals surface area (Å²) in [6, 6.07) is 10.6. The molecule has 0 unspecified atom stereocenters. The highest BCUT2D eigenvalue weighted by molar-refractivity contribution is 7.13. The van der Waals surface area contributed by atoms with Gasteiger partial charge >= 0.3 is 0 Å². The Morgan fingerprint density at radius 2 is 1.87 bits per heavy atom. The first-order chi connectivity index (χ1) is 11.0. The molecule has 1 aromatic carbocycles. The first kappa shape index (κ1) is 15.9. The second kappa shape index (κ2) is 6.66. The van der Waals surface area contributed by atoms with Gasteiger partial charge in [-0.2, -0.15) is 0 Å². The zero-order valence-electron chi connectivity index (χ0n) is 12.1. The molecule has 116 valence electrons. The van der Waals surface area contributed by atoms with Gasteiger partial charge in [-0.15, -0.1) is 22.7 Å². The molecule has 23 heavy (non-hydrogen) atoms. The predicted molar refractivity (Wildman–Crippen MR) is 97.1 cm³/mol. The van der Waals surface area contributed by atoms with E-state index in [9.17, 15) is 9.59 Å². The van der Waals surface area contributed by atoms with Gasteiger partial charge in [-0.1, -0.05) is 11.6 Å². The van der Waals surface area contributed by atoms with E-state index >= 15 is 0 Å². The predicted octanol–water partition coefficient (Wildman–Crippen LogP) is 2.95. The van der Waals surface area contributed by atoms with E-state index in [0.717, 1.165) is 4.88 Å². The summed E-state index contributed by atoms with van der Waals surface area (Å²) in [5.74, 6) is -0.169. The smallest absolute Gasteiger partial charge is 0.266 e. The number of aromatic nitrogens is 1. The Morgan fingerprint density at radius 1 is 1.13 bits per heavy atom. The first-order valence-electron chi connectivity index (χ1n) is 6.80. The molecule has 2 heterocycles. The zero-order valence-corrected chi connectivity index (χ0v) is 14.5. The van der Waals surface area contributed by atoms with Crippen molar-refractivity contribution in [2.75, 3.05) is 0 Å². The maximum absolute atomic E-state index is 12.2. The topological polar surface area (TPSA) is 49.9 Å². The number of carbonyl (C=O) groups excluding carboxylic acids is 1. The van der Waals surface area contributed by atoms with Crippen LogP contribution in [0.2, 0.25) is 5.02 Å². The summed E-state index contributed by atoms with van der Waals surface area (Å²) in [4.78, 5) is 29.1. The molecule has 0 spiro atoms. The van der Waals surface area contributed by atoms with Gasteiger partial charge in [0.05, 0.1) is 9.20 Å². The largest absolute Gasteiger partial charge is 0.313 e. The Labute approximate surface area is 145 Å². The van der Waals surface area contributed by atoms with Gasteiger partial charge in [0.2, 0.25) is 0 Å². The van der Waals surface area contributed by atoms with E-state index in [1.54, 1.807) is 35.6 Å². The SMILES string of the molecule is Cc1ccc(/C=c2\s/c(=C\C(=O)c3ccc(Cl)cc3)[nH]c2=O)s1. The minimum absolute atomic E-state index is 0.169. The average molecular weight is 362 g/mol. The summed E-state index contributed by atoms with van der Waals surface area (Å²) in [5, 5.41) is 0.578. The monoisotopic (exact) mass is 361 g/mol. The number of hydrogen-bond donors (Lipinski definition) is 1. The van der Waals surface area contributed by atoms with Crippen molar-refractivity contribution < 1.29 is 4.79 Å². The number of halogens is 1. The van der Waals surface area contributed by atoms with Crippen LogP contribution in [-0.2, 0) is 0 Å². The fraction of sp³-hybridized carbons (Fsp3) is 0.0588. The Morgan fingerprint density at radius 3 is 2.52 bits per heavy atom. The maximum atomic E-state index is 12.2. The number of aromatic amines is 1. The summed E-state index contributed by atoms with van der Waals surface area (Å²) >= 11 is 8.70. The van der Waals surface area contributed by atoms with Crippen molar-refractivity contribution in [3.05, 3.63) is 76.3 Å². The van der Waals surface area contributed by atoms with Gasteiger partial charge < -0.3 is 4.98 Å². The van der Waals surface area contributed by atoms with Crippen molar-refractivity contribution in [2.45, 2.75) is 6.92 Å². The molecule has 2 aromatic heterocycles. The molecule has 0 aliphatic rings. The van der Waals surface area contributed by atoms with Gasteiger partial charge in [0.1, 0.15) is 0 Å². The van der Waals surface area contributed by atoms with Crippen LogP contribution < -0.4 is 14.8 Å². The summed E-state index contributed by atoms with van der Waals surface area (Å²) < 4.78 is 1.12. The lowest BCUT2D eigenvalue weighted by Crippen LogP contribution is -2.19. The third kappa shape index (κ3) is 3.88. The molecule has 0 atom stereocenters. The van der Waals surface area contributed by atoms with E-state index in [2.05, 4.69) is 4.98 Å². The molecule has 3 aromatic rings. The van der Waals surface area contributed by atoms with Crippen LogP contribution in [0.5, 0.6) is 0 Å². The highest BCUT2D eigenvalue weighted by Crippen LogP contribution is 2.15. The zero-order chi connectivity index (χ0) is 16.4. The number of ketones is 1. The molecule has 0 saturated heterocycles. The Hall–Kier alpha value is -1.95. The van der Waals surface area contributed by atoms with Gasteiger partial charge in [0, 0.05) is 26.4 Å². The van der Waals surface area contributed by atoms with E-state index < -0.39 is 0 Å². The van der Waals surface area contributed by atoms with Gasteiger partial charge in [-0.25, -0.2) is 0 Å². The molecule has 0 saturated carbocycles. The number of rotatable bonds is 3. The fourth-order valence-electron chi connectivity index (χ4n) is 2.00. The number of Topliss-reactive ketones (excluding diaryl/α,β-unsaturated/α-hetero) is 1. The van der Waals surface area contributed by atoms with Crippen LogP contribution in [0.1, 0.15) is 20.1 Å². The van der Waals surface area contributed by atoms with Crippen LogP contribution in [0.3, 0.4) is 0 Å². The molecule has 0 fully saturated rings. The highest BCUT2D eigenvalue weighted by Gasteiger charge is 2.03. The van der Waals surface area contributed by atoms with Gasteiger partial charge in [-0.3, -0.25) is 9.59 Å². The van der Waals surface area contributed by atoms with Crippen molar-refractivity contribution in [3.8, 4) is 0 Å². The fourth-order valence-corrected chi connectivity index (χ4v) is 3.90. The van der Waals surface area contributed by atoms with Gasteiger partial charge in [0.25, 0.3) is 5.56 Å². The summed E-state index contributed by atoms with van der Waals surface area (Å²) in [7, 11) is 0. The highest BCUT2D eigenvalue weighted by atomic mass is 35.5. The van der Waals surface area contributed by atoms with Crippen LogP contribution in [0.25, 0.3) is 12.2 Å². The number of thiophene rings is 1. The van der Waals surface area contributed by atoms with Crippen LogP contribution >= 0.6 is 34.3 Å². The molecular formula is C17H12ClNO2S2. The Kier molecular flexibility index (Phi) is 4.61. The molecule has 0 aliphatic carbocycles. The standard InChI is InChI=1S/C17H12ClNO2S2/c1-10-2-7-13(22-10)8-15-17(21)19-16(23-15)9-14(20)11-3-5-12(18)6-4-11/h2-9H,1H3,(H,19,21)/b15-8-,16-9-. The maximum Gasteiger partial charge on any atom is 0.266 e. The molecule has 1 N–H and O–H groups in total. The van der Waals surface area contributed by atoms with Crippen LogP contribution in [-0.4, -0.2) is 10.8 Å². The lowest BCUT2D eigenvalue weighted by Gasteiger charge is -1.94. The minimum atomic E-state index is -0.184. The molecule has 3 nitrogen and oxygen atoms in total. The lowest BCUT2D eigenvalue weighted by atomic mass is 10.1. The van der Waals surface area contributed by atoms with E-state index in [1.807, 2.05) is 25.1 Å². The molecule has 0 aliphatic heterocycles. The first-order valence-corrected chi connectivity index (χ1v) is 8.81. The molecule has 0 amide bonds. The number of aryl methyl sites for hydroxylation is 1. The third-order valence-electron chi connectivity index (χ3n) is 3.11. The van der Waals surface area contributed by atoms with Crippen molar-refractivity contribution in [3.63, 3.8) is 0 Å². The van der Waals surface area contributed by atoms with Gasteiger partial charge in [0.15, 0.2) is 5.78 Å². The Balaban J connectivity index is 1.97. The van der Waals surface area contributed by atoms with Crippen molar-refractivity contribution in [2.24, 2.45) is 0 Å². The third-order valence-corrected chi connectivity index (χ3v) is 5.27.